The molecule has 2 aromatic heterocycles. The molecule has 26 heavy (non-hydrogen) atoms. The van der Waals surface area contributed by atoms with Crippen molar-refractivity contribution < 1.29 is 5.11 Å². The predicted octanol–water partition coefficient (Wildman–Crippen LogP) is 3.91. The first-order chi connectivity index (χ1) is 12.5. The number of aromatic nitrogens is 3. The topological polar surface area (TPSA) is 83.3 Å². The molecule has 4 rings (SSSR count). The van der Waals surface area contributed by atoms with E-state index < -0.39 is 5.56 Å². The molecule has 0 spiro atoms. The van der Waals surface area contributed by atoms with E-state index in [9.17, 15) is 9.90 Å². The number of rotatable bonds is 2. The number of hydrogen-bond acceptors (Lipinski definition) is 5. The van der Waals surface area contributed by atoms with Crippen molar-refractivity contribution in [1.82, 2.24) is 14.5 Å². The largest absolute Gasteiger partial charge is 0.494 e. The number of aliphatic imine (C=N–C) groups is 1. The van der Waals surface area contributed by atoms with Gasteiger partial charge in [0.25, 0.3) is 5.56 Å². The molecule has 0 fully saturated rings. The average Bonchev–Trinajstić information content (AvgIpc) is 3.03. The maximum atomic E-state index is 12.4. The van der Waals surface area contributed by atoms with Gasteiger partial charge in [-0.1, -0.05) is 11.6 Å². The molecule has 3 heterocycles. The number of hydrogen-bond donors (Lipinski definition) is 2. The van der Waals surface area contributed by atoms with Crippen molar-refractivity contribution in [3.8, 4) is 11.6 Å². The highest BCUT2D eigenvalue weighted by Crippen LogP contribution is 2.31. The van der Waals surface area contributed by atoms with Gasteiger partial charge in [0.2, 0.25) is 5.88 Å². The van der Waals surface area contributed by atoms with Crippen LogP contribution in [0.1, 0.15) is 11.1 Å². The van der Waals surface area contributed by atoms with E-state index in [0.29, 0.717) is 22.1 Å². The van der Waals surface area contributed by atoms with Crippen LogP contribution in [0.4, 0.5) is 5.82 Å². The molecule has 0 unspecified atom stereocenters. The lowest BCUT2D eigenvalue weighted by Crippen LogP contribution is -2.16. The highest BCUT2D eigenvalue weighted by Gasteiger charge is 2.17. The minimum atomic E-state index is -0.490. The summed E-state index contributed by atoms with van der Waals surface area (Å²) in [5.74, 6) is 0.305. The second-order valence-corrected chi connectivity index (χ2v) is 6.36. The Balaban J connectivity index is 1.91. The molecule has 6 nitrogen and oxygen atoms in total. The first kappa shape index (κ1) is 16.4. The Labute approximate surface area is 157 Å². The lowest BCUT2D eigenvalue weighted by molar-refractivity contribution is 0.432. The summed E-state index contributed by atoms with van der Waals surface area (Å²) in [7, 11) is 0. The molecule has 0 radical (unpaired) electrons. The molecular formula is C18H11ClN4O2S. The zero-order valence-corrected chi connectivity index (χ0v) is 14.8. The number of fused-ring (bicyclic) bond motifs is 1. The van der Waals surface area contributed by atoms with E-state index >= 15 is 0 Å². The van der Waals surface area contributed by atoms with Crippen LogP contribution in [0.2, 0.25) is 5.02 Å². The third kappa shape index (κ3) is 2.77. The SMILES string of the molecule is O=c1[nH]c(=S)n(-c2ccc(Cl)cc2)c(O)c1/C=C1/C=Nc2ncccc21. The van der Waals surface area contributed by atoms with Crippen LogP contribution < -0.4 is 5.56 Å². The quantitative estimate of drug-likeness (QED) is 0.658. The van der Waals surface area contributed by atoms with Gasteiger partial charge in [0.15, 0.2) is 10.6 Å². The van der Waals surface area contributed by atoms with Crippen LogP contribution in [0.25, 0.3) is 17.3 Å². The van der Waals surface area contributed by atoms with E-state index in [1.807, 2.05) is 6.07 Å². The van der Waals surface area contributed by atoms with Gasteiger partial charge in [-0.25, -0.2) is 9.98 Å². The summed E-state index contributed by atoms with van der Waals surface area (Å²) < 4.78 is 1.45. The van der Waals surface area contributed by atoms with Crippen LogP contribution >= 0.6 is 23.8 Å². The molecule has 0 saturated heterocycles. The van der Waals surface area contributed by atoms with Crippen LogP contribution in [0.5, 0.6) is 5.88 Å². The highest BCUT2D eigenvalue weighted by molar-refractivity contribution is 7.71. The van der Waals surface area contributed by atoms with E-state index in [4.69, 9.17) is 23.8 Å². The van der Waals surface area contributed by atoms with Gasteiger partial charge < -0.3 is 5.11 Å². The number of nitrogens with zero attached hydrogens (tertiary/aromatic N) is 3. The molecule has 0 bridgehead atoms. The molecule has 3 aromatic rings. The number of nitrogens with one attached hydrogen (secondary N) is 1. The Kier molecular flexibility index (Phi) is 4.02. The second kappa shape index (κ2) is 6.36. The summed E-state index contributed by atoms with van der Waals surface area (Å²) in [6.45, 7) is 0. The van der Waals surface area contributed by atoms with Crippen molar-refractivity contribution in [2.24, 2.45) is 4.99 Å². The Morgan fingerprint density at radius 1 is 1.23 bits per heavy atom. The number of pyridine rings is 1. The first-order valence-electron chi connectivity index (χ1n) is 7.60. The summed E-state index contributed by atoms with van der Waals surface area (Å²) in [5.41, 5.74) is 1.62. The van der Waals surface area contributed by atoms with Crippen molar-refractivity contribution in [2.75, 3.05) is 0 Å². The van der Waals surface area contributed by atoms with Crippen LogP contribution in [0.3, 0.4) is 0 Å². The Hall–Kier alpha value is -3.03. The third-order valence-electron chi connectivity index (χ3n) is 3.93. The van der Waals surface area contributed by atoms with Gasteiger partial charge in [-0.2, -0.15) is 0 Å². The van der Waals surface area contributed by atoms with E-state index in [1.54, 1.807) is 48.8 Å². The zero-order chi connectivity index (χ0) is 18.3. The lowest BCUT2D eigenvalue weighted by Gasteiger charge is -2.11. The molecule has 0 saturated carbocycles. The fourth-order valence-corrected chi connectivity index (χ4v) is 3.10. The summed E-state index contributed by atoms with van der Waals surface area (Å²) in [4.78, 5) is 23.3. The van der Waals surface area contributed by atoms with E-state index in [0.717, 1.165) is 5.56 Å². The molecule has 0 atom stereocenters. The van der Waals surface area contributed by atoms with Crippen molar-refractivity contribution in [2.45, 2.75) is 0 Å². The molecule has 2 N–H and O–H groups in total. The second-order valence-electron chi connectivity index (χ2n) is 5.54. The highest BCUT2D eigenvalue weighted by atomic mass is 35.5. The number of benzene rings is 1. The maximum absolute atomic E-state index is 12.4. The standard InChI is InChI=1S/C18H11ClN4O2S/c19-11-3-5-12(6-4-11)23-17(25)14(16(24)22-18(23)26)8-10-9-21-15-13(10)2-1-7-20-15/h1-9,25H,(H,22,24,26)/b10-8-. The van der Waals surface area contributed by atoms with Crippen LogP contribution in [0.15, 0.2) is 52.4 Å². The molecule has 0 amide bonds. The molecule has 8 heteroatoms. The van der Waals surface area contributed by atoms with E-state index in [1.165, 1.54) is 4.57 Å². The van der Waals surface area contributed by atoms with Crippen molar-refractivity contribution in [3.05, 3.63) is 73.9 Å². The number of aromatic hydroxyl groups is 1. The smallest absolute Gasteiger partial charge is 0.262 e. The fraction of sp³-hybridized carbons (Fsp3) is 0. The van der Waals surface area contributed by atoms with Gasteiger partial charge in [-0.15, -0.1) is 0 Å². The molecule has 1 aliphatic rings. The minimum absolute atomic E-state index is 0.0757. The molecule has 1 aliphatic heterocycles. The Morgan fingerprint density at radius 3 is 2.77 bits per heavy atom. The lowest BCUT2D eigenvalue weighted by atomic mass is 10.1. The Morgan fingerprint density at radius 2 is 2.00 bits per heavy atom. The normalized spacial score (nSPS) is 14.0. The monoisotopic (exact) mass is 382 g/mol. The van der Waals surface area contributed by atoms with Crippen molar-refractivity contribution in [3.63, 3.8) is 0 Å². The number of allylic oxidation sites excluding steroid dienone is 1. The fourth-order valence-electron chi connectivity index (χ4n) is 2.69. The average molecular weight is 383 g/mol. The van der Waals surface area contributed by atoms with Gasteiger partial charge in [-0.3, -0.25) is 14.3 Å². The predicted molar refractivity (Wildman–Crippen MR) is 104 cm³/mol. The van der Waals surface area contributed by atoms with Gasteiger partial charge in [0.1, 0.15) is 5.56 Å². The van der Waals surface area contributed by atoms with Gasteiger partial charge in [0.05, 0.1) is 5.69 Å². The first-order valence-corrected chi connectivity index (χ1v) is 8.38. The maximum Gasteiger partial charge on any atom is 0.262 e. The van der Waals surface area contributed by atoms with Crippen LogP contribution in [-0.4, -0.2) is 25.9 Å². The third-order valence-corrected chi connectivity index (χ3v) is 4.47. The van der Waals surface area contributed by atoms with Crippen LogP contribution in [-0.2, 0) is 0 Å². The minimum Gasteiger partial charge on any atom is -0.494 e. The van der Waals surface area contributed by atoms with Crippen molar-refractivity contribution in [1.29, 1.82) is 0 Å². The molecule has 0 aliphatic carbocycles. The summed E-state index contributed by atoms with van der Waals surface area (Å²) in [5, 5.41) is 11.3. The summed E-state index contributed by atoms with van der Waals surface area (Å²) in [6.07, 6.45) is 4.81. The number of aromatic amines is 1. The summed E-state index contributed by atoms with van der Waals surface area (Å²) in [6, 6.07) is 10.4. The van der Waals surface area contributed by atoms with Gasteiger partial charge in [0, 0.05) is 28.6 Å². The molecule has 1 aromatic carbocycles. The van der Waals surface area contributed by atoms with Gasteiger partial charge >= 0.3 is 0 Å². The molecular weight excluding hydrogens is 372 g/mol. The van der Waals surface area contributed by atoms with E-state index in [-0.39, 0.29) is 16.2 Å². The Bertz CT molecular complexity index is 1190. The summed E-state index contributed by atoms with van der Waals surface area (Å²) >= 11 is 11.1. The molecule has 128 valence electrons. The zero-order valence-electron chi connectivity index (χ0n) is 13.2. The van der Waals surface area contributed by atoms with Crippen LogP contribution in [0, 0.1) is 4.77 Å². The van der Waals surface area contributed by atoms with Crippen molar-refractivity contribution >= 4 is 47.5 Å². The number of H-pyrrole nitrogens is 1. The number of halogens is 1. The van der Waals surface area contributed by atoms with E-state index in [2.05, 4.69) is 15.0 Å². The van der Waals surface area contributed by atoms with Gasteiger partial charge in [-0.05, 0) is 54.7 Å².